The molecule has 1 saturated heterocycles. The first-order valence-corrected chi connectivity index (χ1v) is 8.33. The van der Waals surface area contributed by atoms with Crippen molar-refractivity contribution in [1.82, 2.24) is 0 Å². The van der Waals surface area contributed by atoms with E-state index in [1.165, 1.54) is 0 Å². The molecular weight excluding hydrogens is 306 g/mol. The van der Waals surface area contributed by atoms with Crippen LogP contribution < -0.4 is 4.90 Å². The maximum Gasteiger partial charge on any atom is 0.328 e. The fraction of sp³-hybridized carbons (Fsp3) is 0.438. The highest BCUT2D eigenvalue weighted by atomic mass is 35.5. The van der Waals surface area contributed by atoms with Crippen molar-refractivity contribution >= 4 is 41.1 Å². The number of nitrogens with zero attached hydrogens (tertiary/aromatic N) is 1. The molecule has 1 fully saturated rings. The van der Waals surface area contributed by atoms with E-state index in [2.05, 4.69) is 18.7 Å². The van der Waals surface area contributed by atoms with Gasteiger partial charge in [-0.2, -0.15) is 11.8 Å². The molecule has 114 valence electrons. The van der Waals surface area contributed by atoms with E-state index in [4.69, 9.17) is 16.7 Å². The fourth-order valence-electron chi connectivity index (χ4n) is 2.37. The van der Waals surface area contributed by atoms with Crippen LogP contribution in [0.25, 0.3) is 6.08 Å². The van der Waals surface area contributed by atoms with Crippen LogP contribution >= 0.6 is 23.4 Å². The Bertz CT molecular complexity index is 557. The zero-order chi connectivity index (χ0) is 15.5. The molecule has 1 N–H and O–H groups in total. The van der Waals surface area contributed by atoms with Gasteiger partial charge in [0.2, 0.25) is 0 Å². The van der Waals surface area contributed by atoms with E-state index in [-0.39, 0.29) is 4.75 Å². The number of thioether (sulfide) groups is 1. The summed E-state index contributed by atoms with van der Waals surface area (Å²) in [4.78, 5) is 13.1. The minimum atomic E-state index is -0.950. The first-order valence-electron chi connectivity index (χ1n) is 6.97. The van der Waals surface area contributed by atoms with Gasteiger partial charge in [-0.15, -0.1) is 0 Å². The van der Waals surface area contributed by atoms with Crippen LogP contribution in [0.15, 0.2) is 24.3 Å². The molecule has 21 heavy (non-hydrogen) atoms. The Balaban J connectivity index is 2.28. The summed E-state index contributed by atoms with van der Waals surface area (Å²) >= 11 is 8.03. The molecule has 1 aromatic carbocycles. The van der Waals surface area contributed by atoms with Gasteiger partial charge in [-0.1, -0.05) is 25.4 Å². The van der Waals surface area contributed by atoms with E-state index in [1.807, 2.05) is 30.0 Å². The van der Waals surface area contributed by atoms with Crippen molar-refractivity contribution in [1.29, 1.82) is 0 Å². The minimum Gasteiger partial charge on any atom is -0.478 e. The van der Waals surface area contributed by atoms with Crippen LogP contribution in [0, 0.1) is 0 Å². The largest absolute Gasteiger partial charge is 0.478 e. The third-order valence-electron chi connectivity index (χ3n) is 3.57. The first-order chi connectivity index (χ1) is 9.87. The fourth-order valence-corrected chi connectivity index (χ4v) is 3.65. The van der Waals surface area contributed by atoms with Crippen molar-refractivity contribution < 1.29 is 9.90 Å². The summed E-state index contributed by atoms with van der Waals surface area (Å²) in [5.74, 6) is 0.117. The maximum absolute atomic E-state index is 10.7. The summed E-state index contributed by atoms with van der Waals surface area (Å²) in [5.41, 5.74) is 1.91. The SMILES string of the molecule is CC1(C)CCN(c2ccc(Cl)cc2/C=C/C(=O)O)CCS1. The highest BCUT2D eigenvalue weighted by Gasteiger charge is 2.24. The lowest BCUT2D eigenvalue weighted by Gasteiger charge is -2.26. The van der Waals surface area contributed by atoms with Gasteiger partial charge >= 0.3 is 5.97 Å². The van der Waals surface area contributed by atoms with E-state index in [0.29, 0.717) is 5.02 Å². The Morgan fingerprint density at radius 1 is 1.43 bits per heavy atom. The average Bonchev–Trinajstić information content (AvgIpc) is 2.57. The van der Waals surface area contributed by atoms with E-state index in [0.717, 1.165) is 42.6 Å². The Labute approximate surface area is 135 Å². The van der Waals surface area contributed by atoms with Gasteiger partial charge < -0.3 is 10.0 Å². The number of anilines is 1. The molecule has 1 aliphatic rings. The molecule has 0 unspecified atom stereocenters. The number of carbonyl (C=O) groups is 1. The standard InChI is InChI=1S/C16H20ClNO2S/c1-16(2)7-8-18(9-10-21-16)14-5-4-13(17)11-12(14)3-6-15(19)20/h3-6,11H,7-10H2,1-2H3,(H,19,20)/b6-3+. The van der Waals surface area contributed by atoms with E-state index in [9.17, 15) is 4.79 Å². The molecule has 0 saturated carbocycles. The van der Waals surface area contributed by atoms with Gasteiger partial charge in [0.05, 0.1) is 0 Å². The molecule has 0 radical (unpaired) electrons. The Kier molecular flexibility index (Phi) is 5.22. The van der Waals surface area contributed by atoms with Crippen LogP contribution in [0.3, 0.4) is 0 Å². The molecule has 2 rings (SSSR count). The lowest BCUT2D eigenvalue weighted by Crippen LogP contribution is -2.27. The molecule has 3 nitrogen and oxygen atoms in total. The second-order valence-corrected chi connectivity index (χ2v) is 7.96. The number of aliphatic carboxylic acids is 1. The van der Waals surface area contributed by atoms with Gasteiger partial charge in [-0.25, -0.2) is 4.79 Å². The zero-order valence-corrected chi connectivity index (χ0v) is 13.9. The predicted octanol–water partition coefficient (Wildman–Crippen LogP) is 4.16. The summed E-state index contributed by atoms with van der Waals surface area (Å²) in [6.07, 6.45) is 3.88. The van der Waals surface area contributed by atoms with Crippen LogP contribution in [0.1, 0.15) is 25.8 Å². The monoisotopic (exact) mass is 325 g/mol. The van der Waals surface area contributed by atoms with E-state index in [1.54, 1.807) is 6.08 Å². The zero-order valence-electron chi connectivity index (χ0n) is 12.3. The van der Waals surface area contributed by atoms with Crippen molar-refractivity contribution in [3.63, 3.8) is 0 Å². The summed E-state index contributed by atoms with van der Waals surface area (Å²) in [5, 5.41) is 9.44. The minimum absolute atomic E-state index is 0.290. The molecule has 1 heterocycles. The highest BCUT2D eigenvalue weighted by Crippen LogP contribution is 2.34. The topological polar surface area (TPSA) is 40.5 Å². The molecule has 0 aliphatic carbocycles. The van der Waals surface area contributed by atoms with Gasteiger partial charge in [0, 0.05) is 40.4 Å². The molecule has 0 spiro atoms. The van der Waals surface area contributed by atoms with Crippen LogP contribution in [0.5, 0.6) is 0 Å². The number of hydrogen-bond acceptors (Lipinski definition) is 3. The smallest absolute Gasteiger partial charge is 0.328 e. The second kappa shape index (κ2) is 6.75. The van der Waals surface area contributed by atoms with Crippen LogP contribution in [0.4, 0.5) is 5.69 Å². The molecule has 0 bridgehead atoms. The molecule has 1 aromatic rings. The van der Waals surface area contributed by atoms with Crippen LogP contribution in [0.2, 0.25) is 5.02 Å². The van der Waals surface area contributed by atoms with Gasteiger partial charge in [0.25, 0.3) is 0 Å². The van der Waals surface area contributed by atoms with E-state index >= 15 is 0 Å². The number of halogens is 1. The molecule has 0 aromatic heterocycles. The van der Waals surface area contributed by atoms with Crippen molar-refractivity contribution in [2.45, 2.75) is 25.0 Å². The lowest BCUT2D eigenvalue weighted by molar-refractivity contribution is -0.131. The molecule has 1 aliphatic heterocycles. The van der Waals surface area contributed by atoms with Crippen LogP contribution in [-0.4, -0.2) is 34.7 Å². The van der Waals surface area contributed by atoms with Crippen molar-refractivity contribution in [3.05, 3.63) is 34.9 Å². The quantitative estimate of drug-likeness (QED) is 0.847. The van der Waals surface area contributed by atoms with Crippen molar-refractivity contribution in [2.24, 2.45) is 0 Å². The third-order valence-corrected chi connectivity index (χ3v) is 5.18. The molecular formula is C16H20ClNO2S. The van der Waals surface area contributed by atoms with E-state index < -0.39 is 5.97 Å². The number of carboxylic acids is 1. The number of carboxylic acid groups (broad SMARTS) is 1. The average molecular weight is 326 g/mol. The number of hydrogen-bond donors (Lipinski definition) is 1. The van der Waals surface area contributed by atoms with Crippen LogP contribution in [-0.2, 0) is 4.79 Å². The summed E-state index contributed by atoms with van der Waals surface area (Å²) in [7, 11) is 0. The third kappa shape index (κ3) is 4.68. The van der Waals surface area contributed by atoms with Crippen molar-refractivity contribution in [2.75, 3.05) is 23.7 Å². The maximum atomic E-state index is 10.7. The normalized spacial score (nSPS) is 18.7. The molecule has 5 heteroatoms. The Morgan fingerprint density at radius 3 is 2.90 bits per heavy atom. The van der Waals surface area contributed by atoms with Crippen molar-refractivity contribution in [3.8, 4) is 0 Å². The summed E-state index contributed by atoms with van der Waals surface area (Å²) < 4.78 is 0.290. The lowest BCUT2D eigenvalue weighted by atomic mass is 10.1. The number of rotatable bonds is 3. The first kappa shape index (κ1) is 16.2. The van der Waals surface area contributed by atoms with Gasteiger partial charge in [-0.05, 0) is 36.3 Å². The Morgan fingerprint density at radius 2 is 2.19 bits per heavy atom. The molecule has 0 atom stereocenters. The Hall–Kier alpha value is -1.13. The highest BCUT2D eigenvalue weighted by molar-refractivity contribution is 8.00. The number of benzene rings is 1. The van der Waals surface area contributed by atoms with Gasteiger partial charge in [-0.3, -0.25) is 0 Å². The van der Waals surface area contributed by atoms with Gasteiger partial charge in [0.1, 0.15) is 0 Å². The summed E-state index contributed by atoms with van der Waals surface area (Å²) in [6.45, 7) is 6.47. The predicted molar refractivity (Wildman–Crippen MR) is 91.5 cm³/mol. The summed E-state index contributed by atoms with van der Waals surface area (Å²) in [6, 6.07) is 5.66. The molecule has 0 amide bonds. The second-order valence-electron chi connectivity index (χ2n) is 5.72. The van der Waals surface area contributed by atoms with Gasteiger partial charge in [0.15, 0.2) is 0 Å².